The number of hydrogen-bond donors (Lipinski definition) is 0. The van der Waals surface area contributed by atoms with Gasteiger partial charge in [0.15, 0.2) is 0 Å². The van der Waals surface area contributed by atoms with E-state index in [2.05, 4.69) is 36.2 Å². The maximum absolute atomic E-state index is 13.7. The van der Waals surface area contributed by atoms with Gasteiger partial charge in [0.2, 0.25) is 5.91 Å². The Bertz CT molecular complexity index is 1180. The third-order valence-electron chi connectivity index (χ3n) is 7.54. The molecule has 35 heavy (non-hydrogen) atoms. The highest BCUT2D eigenvalue weighted by molar-refractivity contribution is 5.94. The lowest BCUT2D eigenvalue weighted by Crippen LogP contribution is -2.51. The lowest BCUT2D eigenvalue weighted by atomic mass is 9.78. The number of para-hydroxylation sites is 1. The van der Waals surface area contributed by atoms with Crippen LogP contribution in [0.2, 0.25) is 0 Å². The first kappa shape index (κ1) is 23.5. The molecule has 0 aliphatic carbocycles. The molecule has 1 aromatic heterocycles. The van der Waals surface area contributed by atoms with E-state index in [0.29, 0.717) is 57.8 Å². The number of piperidine rings is 1. The first-order valence-corrected chi connectivity index (χ1v) is 12.6. The van der Waals surface area contributed by atoms with Crippen LogP contribution in [0.4, 0.5) is 0 Å². The zero-order chi connectivity index (χ0) is 24.3. The number of benzene rings is 2. The number of ether oxygens (including phenoxy) is 1. The number of likely N-dealkylation sites (tertiary alicyclic amines) is 1. The monoisotopic (exact) mass is 471 g/mol. The average molecular weight is 472 g/mol. The van der Waals surface area contributed by atoms with Gasteiger partial charge in [-0.25, -0.2) is 0 Å². The molecule has 2 amide bonds. The number of carbonyl (C=O) groups excluding carboxylic acids is 2. The Hall–Kier alpha value is -3.25. The van der Waals surface area contributed by atoms with Crippen molar-refractivity contribution in [3.63, 3.8) is 0 Å². The molecule has 0 saturated carbocycles. The second kappa shape index (κ2) is 10.2. The summed E-state index contributed by atoms with van der Waals surface area (Å²) in [5.41, 5.74) is 2.48. The van der Waals surface area contributed by atoms with Crippen LogP contribution in [0.1, 0.15) is 35.7 Å². The molecule has 0 spiro atoms. The lowest BCUT2D eigenvalue weighted by molar-refractivity contribution is -0.144. The number of amides is 2. The highest BCUT2D eigenvalue weighted by atomic mass is 16.5. The largest absolute Gasteiger partial charge is 0.379 e. The summed E-state index contributed by atoms with van der Waals surface area (Å²) < 4.78 is 5.92. The molecule has 2 aliphatic heterocycles. The van der Waals surface area contributed by atoms with Gasteiger partial charge in [-0.2, -0.15) is 0 Å². The Morgan fingerprint density at radius 3 is 2.54 bits per heavy atom. The zero-order valence-corrected chi connectivity index (χ0v) is 20.4. The molecule has 0 N–H and O–H groups in total. The molecule has 182 valence electrons. The summed E-state index contributed by atoms with van der Waals surface area (Å²) in [4.78, 5) is 35.1. The van der Waals surface area contributed by atoms with Crippen LogP contribution in [0.25, 0.3) is 10.9 Å². The molecule has 2 fully saturated rings. The Balaban J connectivity index is 1.24. The maximum atomic E-state index is 13.7. The zero-order valence-electron chi connectivity index (χ0n) is 20.4. The van der Waals surface area contributed by atoms with Gasteiger partial charge in [-0.1, -0.05) is 49.4 Å². The molecule has 0 unspecified atom stereocenters. The highest BCUT2D eigenvalue weighted by Gasteiger charge is 2.41. The fraction of sp³-hybridized carbons (Fsp3) is 0.414. The van der Waals surface area contributed by atoms with Crippen molar-refractivity contribution in [3.05, 3.63) is 78.0 Å². The Morgan fingerprint density at radius 1 is 0.971 bits per heavy atom. The number of nitrogens with zero attached hydrogens (tertiary/aromatic N) is 3. The topological polar surface area (TPSA) is 62.7 Å². The van der Waals surface area contributed by atoms with Gasteiger partial charge in [0, 0.05) is 54.7 Å². The van der Waals surface area contributed by atoms with E-state index in [1.807, 2.05) is 52.4 Å². The van der Waals surface area contributed by atoms with Crippen molar-refractivity contribution in [3.8, 4) is 0 Å². The SMILES string of the molecule is CC1(C(=O)N2CCOC[C@@H](Cc3cccc4cccnc34)C2)CCN(C(=O)c2ccccc2)CC1. The fourth-order valence-corrected chi connectivity index (χ4v) is 5.39. The third-order valence-corrected chi connectivity index (χ3v) is 7.54. The molecule has 2 aliphatic rings. The van der Waals surface area contributed by atoms with Crippen molar-refractivity contribution in [1.82, 2.24) is 14.8 Å². The first-order chi connectivity index (χ1) is 17.0. The Kier molecular flexibility index (Phi) is 6.82. The van der Waals surface area contributed by atoms with E-state index in [1.54, 1.807) is 0 Å². The third kappa shape index (κ3) is 5.08. The minimum atomic E-state index is -0.455. The number of fused-ring (bicyclic) bond motifs is 1. The van der Waals surface area contributed by atoms with E-state index >= 15 is 0 Å². The molecule has 2 saturated heterocycles. The predicted molar refractivity (Wildman–Crippen MR) is 136 cm³/mol. The lowest BCUT2D eigenvalue weighted by Gasteiger charge is -2.41. The van der Waals surface area contributed by atoms with Crippen molar-refractivity contribution < 1.29 is 14.3 Å². The van der Waals surface area contributed by atoms with Crippen molar-refractivity contribution in [2.24, 2.45) is 11.3 Å². The van der Waals surface area contributed by atoms with Crippen LogP contribution in [-0.2, 0) is 16.0 Å². The van der Waals surface area contributed by atoms with Crippen LogP contribution in [0, 0.1) is 11.3 Å². The highest BCUT2D eigenvalue weighted by Crippen LogP contribution is 2.34. The molecule has 2 aromatic carbocycles. The van der Waals surface area contributed by atoms with Crippen molar-refractivity contribution in [2.75, 3.05) is 39.4 Å². The maximum Gasteiger partial charge on any atom is 0.253 e. The molecule has 1 atom stereocenters. The van der Waals surface area contributed by atoms with E-state index < -0.39 is 5.41 Å². The Labute approximate surface area is 206 Å². The van der Waals surface area contributed by atoms with Crippen LogP contribution in [-0.4, -0.2) is 66.0 Å². The standard InChI is InChI=1S/C29H33N3O3/c1-29(12-15-31(16-13-29)27(33)24-7-3-2-4-8-24)28(34)32-17-18-35-21-22(20-32)19-25-10-5-9-23-11-6-14-30-26(23)25/h2-11,14,22H,12-13,15-21H2,1H3/t22-/m0/s1. The second-order valence-electron chi connectivity index (χ2n) is 10.1. The summed E-state index contributed by atoms with van der Waals surface area (Å²) in [7, 11) is 0. The summed E-state index contributed by atoms with van der Waals surface area (Å²) >= 11 is 0. The first-order valence-electron chi connectivity index (χ1n) is 12.6. The number of pyridine rings is 1. The second-order valence-corrected chi connectivity index (χ2v) is 10.1. The van der Waals surface area contributed by atoms with Gasteiger partial charge in [0.05, 0.1) is 18.7 Å². The quantitative estimate of drug-likeness (QED) is 0.572. The summed E-state index contributed by atoms with van der Waals surface area (Å²) in [6, 6.07) is 19.7. The average Bonchev–Trinajstić information content (AvgIpc) is 3.14. The van der Waals surface area contributed by atoms with Crippen molar-refractivity contribution >= 4 is 22.7 Å². The smallest absolute Gasteiger partial charge is 0.253 e. The number of hydrogen-bond acceptors (Lipinski definition) is 4. The molecule has 0 radical (unpaired) electrons. The van der Waals surface area contributed by atoms with Gasteiger partial charge < -0.3 is 14.5 Å². The molecule has 6 heteroatoms. The van der Waals surface area contributed by atoms with Crippen LogP contribution in [0.15, 0.2) is 66.9 Å². The van der Waals surface area contributed by atoms with E-state index in [9.17, 15) is 9.59 Å². The van der Waals surface area contributed by atoms with E-state index in [0.717, 1.165) is 17.3 Å². The molecule has 3 heterocycles. The van der Waals surface area contributed by atoms with E-state index in [-0.39, 0.29) is 17.7 Å². The van der Waals surface area contributed by atoms with Gasteiger partial charge in [-0.05, 0) is 43.0 Å². The van der Waals surface area contributed by atoms with Crippen molar-refractivity contribution in [2.45, 2.75) is 26.2 Å². The molecule has 3 aromatic rings. The number of carbonyl (C=O) groups is 2. The minimum absolute atomic E-state index is 0.0482. The molecular formula is C29H33N3O3. The summed E-state index contributed by atoms with van der Waals surface area (Å²) in [6.45, 7) is 5.77. The van der Waals surface area contributed by atoms with Crippen LogP contribution < -0.4 is 0 Å². The molecule has 5 rings (SSSR count). The Morgan fingerprint density at radius 2 is 1.74 bits per heavy atom. The summed E-state index contributed by atoms with van der Waals surface area (Å²) in [5, 5.41) is 1.14. The van der Waals surface area contributed by atoms with Gasteiger partial charge in [-0.3, -0.25) is 14.6 Å². The van der Waals surface area contributed by atoms with Crippen LogP contribution >= 0.6 is 0 Å². The number of aromatic nitrogens is 1. The van der Waals surface area contributed by atoms with Crippen molar-refractivity contribution in [1.29, 1.82) is 0 Å². The molecule has 6 nitrogen and oxygen atoms in total. The van der Waals surface area contributed by atoms with E-state index in [4.69, 9.17) is 4.74 Å². The summed E-state index contributed by atoms with van der Waals surface area (Å²) in [5.74, 6) is 0.459. The van der Waals surface area contributed by atoms with Gasteiger partial charge in [0.1, 0.15) is 0 Å². The predicted octanol–water partition coefficient (Wildman–Crippen LogP) is 4.19. The van der Waals surface area contributed by atoms with Crippen LogP contribution in [0.3, 0.4) is 0 Å². The summed E-state index contributed by atoms with van der Waals surface area (Å²) in [6.07, 6.45) is 4.02. The van der Waals surface area contributed by atoms with E-state index in [1.165, 1.54) is 5.56 Å². The van der Waals surface area contributed by atoms with Gasteiger partial charge in [-0.15, -0.1) is 0 Å². The fourth-order valence-electron chi connectivity index (χ4n) is 5.39. The van der Waals surface area contributed by atoms with Crippen LogP contribution in [0.5, 0.6) is 0 Å². The molecule has 0 bridgehead atoms. The normalized spacial score (nSPS) is 20.4. The minimum Gasteiger partial charge on any atom is -0.379 e. The number of rotatable bonds is 4. The van der Waals surface area contributed by atoms with Gasteiger partial charge in [0.25, 0.3) is 5.91 Å². The van der Waals surface area contributed by atoms with Gasteiger partial charge >= 0.3 is 0 Å². The molecular weight excluding hydrogens is 438 g/mol.